The van der Waals surface area contributed by atoms with Crippen molar-refractivity contribution < 1.29 is 4.79 Å². The van der Waals surface area contributed by atoms with Crippen LogP contribution in [0.3, 0.4) is 0 Å². The van der Waals surface area contributed by atoms with Crippen molar-refractivity contribution >= 4 is 11.9 Å². The zero-order valence-electron chi connectivity index (χ0n) is 18.4. The zero-order valence-corrected chi connectivity index (χ0v) is 18.4. The number of hydrogen-bond acceptors (Lipinski definition) is 2. The van der Waals surface area contributed by atoms with E-state index < -0.39 is 0 Å². The summed E-state index contributed by atoms with van der Waals surface area (Å²) in [6.07, 6.45) is 12.4. The molecule has 1 heterocycles. The number of carbonyl (C=O) groups is 1. The smallest absolute Gasteiger partial charge is 0.225 e. The fourth-order valence-corrected chi connectivity index (χ4v) is 5.26. The number of piperidine rings is 1. The molecule has 0 aromatic heterocycles. The monoisotopic (exact) mass is 390 g/mol. The van der Waals surface area contributed by atoms with E-state index in [1.807, 2.05) is 0 Å². The van der Waals surface area contributed by atoms with Gasteiger partial charge in [-0.05, 0) is 50.9 Å². The summed E-state index contributed by atoms with van der Waals surface area (Å²) in [6, 6.07) is 1.05. The van der Waals surface area contributed by atoms with Crippen LogP contribution < -0.4 is 10.6 Å². The predicted molar refractivity (Wildman–Crippen MR) is 116 cm³/mol. The van der Waals surface area contributed by atoms with Crippen LogP contribution in [0, 0.1) is 17.8 Å². The minimum absolute atomic E-state index is 0.204. The summed E-state index contributed by atoms with van der Waals surface area (Å²) in [4.78, 5) is 19.4. The molecule has 2 N–H and O–H groups in total. The fourth-order valence-electron chi connectivity index (χ4n) is 5.26. The van der Waals surface area contributed by atoms with Crippen molar-refractivity contribution in [1.82, 2.24) is 15.5 Å². The van der Waals surface area contributed by atoms with Gasteiger partial charge in [0.05, 0.1) is 0 Å². The topological polar surface area (TPSA) is 56.7 Å². The second-order valence-electron chi connectivity index (χ2n) is 9.13. The molecule has 2 unspecified atom stereocenters. The first kappa shape index (κ1) is 21.4. The largest absolute Gasteiger partial charge is 0.354 e. The molecular weight excluding hydrogens is 348 g/mol. The third kappa shape index (κ3) is 5.64. The minimum Gasteiger partial charge on any atom is -0.354 e. The molecule has 0 bridgehead atoms. The van der Waals surface area contributed by atoms with Crippen molar-refractivity contribution in [3.63, 3.8) is 0 Å². The second-order valence-corrected chi connectivity index (χ2v) is 9.13. The predicted octanol–water partition coefficient (Wildman–Crippen LogP) is 3.94. The van der Waals surface area contributed by atoms with Crippen molar-refractivity contribution in [2.75, 3.05) is 19.6 Å². The van der Waals surface area contributed by atoms with E-state index in [1.165, 1.54) is 38.5 Å². The summed E-state index contributed by atoms with van der Waals surface area (Å²) in [6.45, 7) is 8.91. The molecule has 0 spiro atoms. The van der Waals surface area contributed by atoms with E-state index in [2.05, 4.69) is 36.3 Å². The molecule has 3 rings (SSSR count). The lowest BCUT2D eigenvalue weighted by molar-refractivity contribution is -0.136. The van der Waals surface area contributed by atoms with E-state index in [4.69, 9.17) is 4.99 Å². The van der Waals surface area contributed by atoms with Crippen LogP contribution in [0.2, 0.25) is 0 Å². The van der Waals surface area contributed by atoms with Gasteiger partial charge in [-0.1, -0.05) is 46.0 Å². The summed E-state index contributed by atoms with van der Waals surface area (Å²) in [7, 11) is 0. The number of nitrogens with one attached hydrogen (secondary N) is 2. The lowest BCUT2D eigenvalue weighted by Gasteiger charge is -2.35. The number of likely N-dealkylation sites (tertiary alicyclic amines) is 1. The maximum Gasteiger partial charge on any atom is 0.225 e. The Morgan fingerprint density at radius 1 is 1.00 bits per heavy atom. The van der Waals surface area contributed by atoms with Crippen LogP contribution in [0.25, 0.3) is 0 Å². The molecule has 2 aliphatic carbocycles. The molecule has 1 saturated heterocycles. The van der Waals surface area contributed by atoms with Gasteiger partial charge in [0.25, 0.3) is 0 Å². The molecule has 0 aromatic carbocycles. The average Bonchev–Trinajstić information content (AvgIpc) is 3.49. The maximum absolute atomic E-state index is 12.6. The van der Waals surface area contributed by atoms with Gasteiger partial charge in [0.15, 0.2) is 5.96 Å². The van der Waals surface area contributed by atoms with Gasteiger partial charge in [-0.3, -0.25) is 9.79 Å². The van der Waals surface area contributed by atoms with Crippen LogP contribution >= 0.6 is 0 Å². The van der Waals surface area contributed by atoms with Gasteiger partial charge >= 0.3 is 0 Å². The normalized spacial score (nSPS) is 27.1. The first-order chi connectivity index (χ1) is 13.7. The van der Waals surface area contributed by atoms with E-state index in [0.717, 1.165) is 63.1 Å². The number of aliphatic imine (C=N–C) groups is 1. The number of guanidine groups is 1. The molecule has 1 aliphatic heterocycles. The van der Waals surface area contributed by atoms with Gasteiger partial charge in [0.2, 0.25) is 5.91 Å². The fraction of sp³-hybridized carbons (Fsp3) is 0.913. The summed E-state index contributed by atoms with van der Waals surface area (Å²) in [5, 5.41) is 7.38. The van der Waals surface area contributed by atoms with Crippen LogP contribution in [0.15, 0.2) is 4.99 Å². The average molecular weight is 391 g/mol. The Morgan fingerprint density at radius 3 is 2.29 bits per heavy atom. The van der Waals surface area contributed by atoms with Gasteiger partial charge in [-0.2, -0.15) is 0 Å². The SMILES string of the molecule is CCN=C(NC1CCN(C(=O)C(CC)CC)CC1)NC1CC1C1CCCCC1. The molecule has 0 radical (unpaired) electrons. The van der Waals surface area contributed by atoms with Gasteiger partial charge in [0.1, 0.15) is 0 Å². The van der Waals surface area contributed by atoms with Crippen molar-refractivity contribution in [1.29, 1.82) is 0 Å². The molecule has 5 nitrogen and oxygen atoms in total. The van der Waals surface area contributed by atoms with Gasteiger partial charge in [-0.15, -0.1) is 0 Å². The molecule has 2 atom stereocenters. The molecule has 28 heavy (non-hydrogen) atoms. The first-order valence-electron chi connectivity index (χ1n) is 12.0. The van der Waals surface area contributed by atoms with Crippen LogP contribution in [-0.4, -0.2) is 48.5 Å². The van der Waals surface area contributed by atoms with Gasteiger partial charge in [-0.25, -0.2) is 0 Å². The van der Waals surface area contributed by atoms with Crippen molar-refractivity contribution in [2.45, 2.75) is 97.1 Å². The second kappa shape index (κ2) is 10.5. The molecule has 2 saturated carbocycles. The van der Waals surface area contributed by atoms with E-state index in [0.29, 0.717) is 18.0 Å². The van der Waals surface area contributed by atoms with Crippen LogP contribution in [0.4, 0.5) is 0 Å². The molecule has 3 aliphatic rings. The highest BCUT2D eigenvalue weighted by molar-refractivity contribution is 5.81. The molecular formula is C23H42N4O. The number of rotatable bonds is 7. The van der Waals surface area contributed by atoms with Crippen LogP contribution in [0.1, 0.15) is 85.0 Å². The van der Waals surface area contributed by atoms with Gasteiger partial charge < -0.3 is 15.5 Å². The number of amides is 1. The highest BCUT2D eigenvalue weighted by atomic mass is 16.2. The highest BCUT2D eigenvalue weighted by Crippen LogP contribution is 2.44. The molecule has 160 valence electrons. The lowest BCUT2D eigenvalue weighted by atomic mass is 9.85. The number of nitrogens with zero attached hydrogens (tertiary/aromatic N) is 2. The van der Waals surface area contributed by atoms with E-state index >= 15 is 0 Å². The molecule has 5 heteroatoms. The Kier molecular flexibility index (Phi) is 8.04. The van der Waals surface area contributed by atoms with Crippen molar-refractivity contribution in [3.8, 4) is 0 Å². The van der Waals surface area contributed by atoms with Crippen molar-refractivity contribution in [3.05, 3.63) is 0 Å². The Bertz CT molecular complexity index is 517. The quantitative estimate of drug-likeness (QED) is 0.511. The third-order valence-electron chi connectivity index (χ3n) is 7.22. The standard InChI is InChI=1S/C23H42N4O/c1-4-17(5-2)22(28)27-14-12-19(13-15-27)25-23(24-6-3)26-21-16-20(21)18-10-8-7-9-11-18/h17-21H,4-16H2,1-3H3,(H2,24,25,26). The van der Waals surface area contributed by atoms with Crippen LogP contribution in [-0.2, 0) is 4.79 Å². The first-order valence-corrected chi connectivity index (χ1v) is 12.0. The van der Waals surface area contributed by atoms with Crippen LogP contribution in [0.5, 0.6) is 0 Å². The third-order valence-corrected chi connectivity index (χ3v) is 7.22. The molecule has 1 amide bonds. The Morgan fingerprint density at radius 2 is 1.68 bits per heavy atom. The Labute approximate surface area is 172 Å². The Balaban J connectivity index is 1.43. The van der Waals surface area contributed by atoms with Gasteiger partial charge in [0, 0.05) is 37.6 Å². The number of carbonyl (C=O) groups excluding carboxylic acids is 1. The summed E-state index contributed by atoms with van der Waals surface area (Å²) >= 11 is 0. The zero-order chi connectivity index (χ0) is 19.9. The minimum atomic E-state index is 0.204. The van der Waals surface area contributed by atoms with E-state index in [-0.39, 0.29) is 5.92 Å². The number of hydrogen-bond donors (Lipinski definition) is 2. The lowest BCUT2D eigenvalue weighted by Crippen LogP contribution is -2.51. The molecule has 3 fully saturated rings. The molecule has 0 aromatic rings. The highest BCUT2D eigenvalue weighted by Gasteiger charge is 2.43. The summed E-state index contributed by atoms with van der Waals surface area (Å²) < 4.78 is 0. The summed E-state index contributed by atoms with van der Waals surface area (Å²) in [5.41, 5.74) is 0. The maximum atomic E-state index is 12.6. The van der Waals surface area contributed by atoms with Crippen molar-refractivity contribution in [2.24, 2.45) is 22.7 Å². The van der Waals surface area contributed by atoms with E-state index in [9.17, 15) is 4.79 Å². The summed E-state index contributed by atoms with van der Waals surface area (Å²) in [5.74, 6) is 3.36. The Hall–Kier alpha value is -1.26. The van der Waals surface area contributed by atoms with E-state index in [1.54, 1.807) is 0 Å².